The van der Waals surface area contributed by atoms with Crippen LogP contribution in [0, 0.1) is 0 Å². The Labute approximate surface area is 222 Å². The van der Waals surface area contributed by atoms with Crippen molar-refractivity contribution in [2.24, 2.45) is 0 Å². The number of hydrogen-bond donors (Lipinski definition) is 2. The quantitative estimate of drug-likeness (QED) is 0.360. The lowest BCUT2D eigenvalue weighted by Gasteiger charge is -2.23. The van der Waals surface area contributed by atoms with Crippen molar-refractivity contribution in [1.82, 2.24) is 19.8 Å². The minimum Gasteiger partial charge on any atom is -0.497 e. The molecule has 2 amide bonds. The van der Waals surface area contributed by atoms with E-state index < -0.39 is 6.09 Å². The standard InChI is InChI=1S/C27H34N6O5/c1-6-33(7-2)17-16-32(3)25(34)19-8-10-20(11-9-19)29-26-28-15-14-24(31-26)38-27(35)30-22-13-12-21(36-4)18-23(22)37-5/h8-15,18H,6-7,16-17H2,1-5H3,(H,30,35)(H,28,29,31). The van der Waals surface area contributed by atoms with Crippen molar-refractivity contribution in [3.05, 3.63) is 60.3 Å². The first-order valence-corrected chi connectivity index (χ1v) is 12.3. The van der Waals surface area contributed by atoms with E-state index >= 15 is 0 Å². The van der Waals surface area contributed by atoms with Crippen LogP contribution in [0.4, 0.5) is 22.1 Å². The fourth-order valence-electron chi connectivity index (χ4n) is 3.57. The Bertz CT molecular complexity index is 1220. The molecule has 3 aromatic rings. The van der Waals surface area contributed by atoms with E-state index in [0.717, 1.165) is 19.6 Å². The maximum Gasteiger partial charge on any atom is 0.418 e. The van der Waals surface area contributed by atoms with E-state index in [0.29, 0.717) is 35.0 Å². The second kappa shape index (κ2) is 13.8. The van der Waals surface area contributed by atoms with E-state index in [-0.39, 0.29) is 17.7 Å². The van der Waals surface area contributed by atoms with Crippen molar-refractivity contribution in [3.63, 3.8) is 0 Å². The fraction of sp³-hybridized carbons (Fsp3) is 0.333. The minimum absolute atomic E-state index is 0.0464. The highest BCUT2D eigenvalue weighted by Gasteiger charge is 2.14. The van der Waals surface area contributed by atoms with E-state index in [1.165, 1.54) is 19.4 Å². The summed E-state index contributed by atoms with van der Waals surface area (Å²) in [5.41, 5.74) is 1.68. The van der Waals surface area contributed by atoms with Gasteiger partial charge in [-0.25, -0.2) is 9.78 Å². The number of nitrogens with one attached hydrogen (secondary N) is 2. The molecule has 1 aromatic heterocycles. The second-order valence-corrected chi connectivity index (χ2v) is 8.26. The maximum absolute atomic E-state index is 12.7. The van der Waals surface area contributed by atoms with Gasteiger partial charge in [0.15, 0.2) is 0 Å². The zero-order valence-corrected chi connectivity index (χ0v) is 22.4. The Morgan fingerprint density at radius 2 is 1.68 bits per heavy atom. The number of aromatic nitrogens is 2. The van der Waals surface area contributed by atoms with Crippen molar-refractivity contribution in [3.8, 4) is 17.4 Å². The number of amides is 2. The first-order valence-electron chi connectivity index (χ1n) is 12.3. The lowest BCUT2D eigenvalue weighted by Crippen LogP contribution is -2.36. The predicted molar refractivity (Wildman–Crippen MR) is 146 cm³/mol. The number of rotatable bonds is 12. The second-order valence-electron chi connectivity index (χ2n) is 8.26. The third-order valence-electron chi connectivity index (χ3n) is 5.85. The summed E-state index contributed by atoms with van der Waals surface area (Å²) in [6, 6.07) is 13.5. The molecule has 3 rings (SSSR count). The monoisotopic (exact) mass is 522 g/mol. The minimum atomic E-state index is -0.744. The zero-order valence-electron chi connectivity index (χ0n) is 22.4. The number of benzene rings is 2. The summed E-state index contributed by atoms with van der Waals surface area (Å²) in [6.45, 7) is 7.61. The molecule has 0 saturated carbocycles. The van der Waals surface area contributed by atoms with Gasteiger partial charge in [-0.1, -0.05) is 13.8 Å². The van der Waals surface area contributed by atoms with Crippen molar-refractivity contribution in [1.29, 1.82) is 0 Å². The average Bonchev–Trinajstić information content (AvgIpc) is 2.93. The number of hydrogen-bond acceptors (Lipinski definition) is 9. The van der Waals surface area contributed by atoms with Gasteiger partial charge < -0.3 is 29.3 Å². The van der Waals surface area contributed by atoms with Gasteiger partial charge in [-0.3, -0.25) is 10.1 Å². The van der Waals surface area contributed by atoms with Crippen LogP contribution in [-0.4, -0.2) is 79.2 Å². The summed E-state index contributed by atoms with van der Waals surface area (Å²) < 4.78 is 15.7. The van der Waals surface area contributed by atoms with Crippen molar-refractivity contribution >= 4 is 29.3 Å². The highest BCUT2D eigenvalue weighted by molar-refractivity contribution is 5.94. The number of carbonyl (C=O) groups excluding carboxylic acids is 2. The van der Waals surface area contributed by atoms with Crippen LogP contribution in [-0.2, 0) is 0 Å². The van der Waals surface area contributed by atoms with Gasteiger partial charge in [0.2, 0.25) is 11.8 Å². The van der Waals surface area contributed by atoms with Crippen LogP contribution in [0.1, 0.15) is 24.2 Å². The predicted octanol–water partition coefficient (Wildman–Crippen LogP) is 4.26. The van der Waals surface area contributed by atoms with Crippen molar-refractivity contribution in [2.45, 2.75) is 13.8 Å². The summed E-state index contributed by atoms with van der Waals surface area (Å²) in [7, 11) is 4.83. The number of carbonyl (C=O) groups is 2. The number of anilines is 3. The third kappa shape index (κ3) is 7.81. The molecule has 11 heteroatoms. The normalized spacial score (nSPS) is 10.6. The number of likely N-dealkylation sites (N-methyl/N-ethyl adjacent to an activating group) is 2. The maximum atomic E-state index is 12.7. The van der Waals surface area contributed by atoms with E-state index in [1.54, 1.807) is 61.5 Å². The highest BCUT2D eigenvalue weighted by Crippen LogP contribution is 2.29. The summed E-state index contributed by atoms with van der Waals surface area (Å²) in [6.07, 6.45) is 0.723. The van der Waals surface area contributed by atoms with E-state index in [2.05, 4.69) is 39.3 Å². The topological polar surface area (TPSA) is 118 Å². The molecule has 2 N–H and O–H groups in total. The highest BCUT2D eigenvalue weighted by atomic mass is 16.6. The van der Waals surface area contributed by atoms with Gasteiger partial charge in [-0.05, 0) is 49.5 Å². The van der Waals surface area contributed by atoms with Crippen LogP contribution < -0.4 is 24.8 Å². The smallest absolute Gasteiger partial charge is 0.418 e. The largest absolute Gasteiger partial charge is 0.497 e. The zero-order chi connectivity index (χ0) is 27.5. The van der Waals surface area contributed by atoms with Crippen LogP contribution >= 0.6 is 0 Å². The van der Waals surface area contributed by atoms with E-state index in [4.69, 9.17) is 14.2 Å². The summed E-state index contributed by atoms with van der Waals surface area (Å²) in [4.78, 5) is 37.5. The fourth-order valence-corrected chi connectivity index (χ4v) is 3.57. The van der Waals surface area contributed by atoms with Crippen LogP contribution in [0.15, 0.2) is 54.7 Å². The van der Waals surface area contributed by atoms with E-state index in [9.17, 15) is 9.59 Å². The molecular weight excluding hydrogens is 488 g/mol. The Morgan fingerprint density at radius 3 is 2.34 bits per heavy atom. The molecule has 0 fully saturated rings. The van der Waals surface area contributed by atoms with Gasteiger partial charge in [0, 0.05) is 49.7 Å². The van der Waals surface area contributed by atoms with Crippen molar-refractivity contribution in [2.75, 3.05) is 58.1 Å². The number of methoxy groups -OCH3 is 2. The van der Waals surface area contributed by atoms with Crippen LogP contribution in [0.25, 0.3) is 0 Å². The number of ether oxygens (including phenoxy) is 3. The molecule has 0 unspecified atom stereocenters. The lowest BCUT2D eigenvalue weighted by molar-refractivity contribution is 0.0779. The van der Waals surface area contributed by atoms with Crippen LogP contribution in [0.3, 0.4) is 0 Å². The summed E-state index contributed by atoms with van der Waals surface area (Å²) in [5, 5.41) is 5.67. The van der Waals surface area contributed by atoms with Gasteiger partial charge >= 0.3 is 6.09 Å². The first kappa shape index (κ1) is 28.2. The molecule has 202 valence electrons. The van der Waals surface area contributed by atoms with Gasteiger partial charge in [-0.15, -0.1) is 0 Å². The molecule has 0 aliphatic carbocycles. The summed E-state index contributed by atoms with van der Waals surface area (Å²) >= 11 is 0. The molecular formula is C27H34N6O5. The molecule has 0 aliphatic heterocycles. The molecule has 2 aromatic carbocycles. The third-order valence-corrected chi connectivity index (χ3v) is 5.85. The van der Waals surface area contributed by atoms with Crippen molar-refractivity contribution < 1.29 is 23.8 Å². The molecule has 0 radical (unpaired) electrons. The average molecular weight is 523 g/mol. The van der Waals surface area contributed by atoms with Gasteiger partial charge in [0.25, 0.3) is 5.91 Å². The van der Waals surface area contributed by atoms with E-state index in [1.807, 2.05) is 0 Å². The molecule has 11 nitrogen and oxygen atoms in total. The molecule has 38 heavy (non-hydrogen) atoms. The summed E-state index contributed by atoms with van der Waals surface area (Å²) in [5.74, 6) is 1.24. The van der Waals surface area contributed by atoms with Crippen LogP contribution in [0.5, 0.6) is 17.4 Å². The van der Waals surface area contributed by atoms with Gasteiger partial charge in [0.05, 0.1) is 19.9 Å². The Hall–Kier alpha value is -4.38. The first-order chi connectivity index (χ1) is 18.4. The molecule has 0 saturated heterocycles. The molecule has 1 heterocycles. The Kier molecular flexibility index (Phi) is 10.2. The number of nitrogens with zero attached hydrogens (tertiary/aromatic N) is 4. The molecule has 0 aliphatic rings. The SMILES string of the molecule is CCN(CC)CCN(C)C(=O)c1ccc(Nc2nccc(OC(=O)Nc3ccc(OC)cc3OC)n2)cc1. The van der Waals surface area contributed by atoms with Gasteiger partial charge in [-0.2, -0.15) is 4.98 Å². The Morgan fingerprint density at radius 1 is 0.947 bits per heavy atom. The van der Waals surface area contributed by atoms with Crippen LogP contribution in [0.2, 0.25) is 0 Å². The lowest BCUT2D eigenvalue weighted by atomic mass is 10.2. The Balaban J connectivity index is 1.58. The molecule has 0 spiro atoms. The molecule has 0 atom stereocenters. The van der Waals surface area contributed by atoms with Gasteiger partial charge in [0.1, 0.15) is 11.5 Å². The molecule has 0 bridgehead atoms.